The average molecular weight is 472 g/mol. The first-order valence-electron chi connectivity index (χ1n) is 10.1. The predicted molar refractivity (Wildman–Crippen MR) is 120 cm³/mol. The van der Waals surface area contributed by atoms with E-state index in [2.05, 4.69) is 4.72 Å². The average Bonchev–Trinajstić information content (AvgIpc) is 2.74. The van der Waals surface area contributed by atoms with E-state index in [0.717, 1.165) is 17.8 Å². The molecular weight excluding hydrogens is 449 g/mol. The molecule has 0 unspecified atom stereocenters. The minimum Gasteiger partial charge on any atom is -0.486 e. The van der Waals surface area contributed by atoms with E-state index in [0.29, 0.717) is 18.8 Å². The van der Waals surface area contributed by atoms with Crippen LogP contribution in [0.1, 0.15) is 16.1 Å². The van der Waals surface area contributed by atoms with Crippen LogP contribution in [0.25, 0.3) is 0 Å². The van der Waals surface area contributed by atoms with Gasteiger partial charge in [0.15, 0.2) is 0 Å². The van der Waals surface area contributed by atoms with E-state index < -0.39 is 20.7 Å². The number of anilines is 1. The molecule has 3 aromatic rings. The molecule has 1 saturated heterocycles. The standard InChI is InChI=1S/C23H22FN3O5S/c1-15-10-18(12-22(28)26(15)2)32-19-13-27(14-19)23(29)16-6-5-7-17(11-16)25-33(30,31)21-9-4-3-8-20(21)24/h3-12,19,25H,13-14H2,1-2H3. The smallest absolute Gasteiger partial charge is 0.264 e. The molecule has 1 aliphatic rings. The van der Waals surface area contributed by atoms with Gasteiger partial charge in [-0.25, -0.2) is 12.8 Å². The normalized spacial score (nSPS) is 14.0. The van der Waals surface area contributed by atoms with Gasteiger partial charge in [-0.3, -0.25) is 14.3 Å². The van der Waals surface area contributed by atoms with Crippen LogP contribution < -0.4 is 15.0 Å². The number of carbonyl (C=O) groups is 1. The van der Waals surface area contributed by atoms with Crippen molar-refractivity contribution < 1.29 is 22.3 Å². The van der Waals surface area contributed by atoms with Gasteiger partial charge in [-0.05, 0) is 43.3 Å². The number of aryl methyl sites for hydroxylation is 1. The SMILES string of the molecule is Cc1cc(OC2CN(C(=O)c3cccc(NS(=O)(=O)c4ccccc4F)c3)C2)cc(=O)n1C. The zero-order chi connectivity index (χ0) is 23.8. The number of hydrogen-bond donors (Lipinski definition) is 1. The first-order valence-corrected chi connectivity index (χ1v) is 11.6. The molecule has 1 fully saturated rings. The molecule has 10 heteroatoms. The molecule has 172 valence electrons. The van der Waals surface area contributed by atoms with Crippen molar-refractivity contribution in [3.05, 3.63) is 88.1 Å². The minimum absolute atomic E-state index is 0.146. The monoisotopic (exact) mass is 471 g/mol. The summed E-state index contributed by atoms with van der Waals surface area (Å²) in [4.78, 5) is 25.8. The van der Waals surface area contributed by atoms with E-state index in [9.17, 15) is 22.4 Å². The van der Waals surface area contributed by atoms with E-state index in [4.69, 9.17) is 4.74 Å². The fourth-order valence-corrected chi connectivity index (χ4v) is 4.58. The summed E-state index contributed by atoms with van der Waals surface area (Å²) >= 11 is 0. The number of ether oxygens (including phenoxy) is 1. The lowest BCUT2D eigenvalue weighted by atomic mass is 10.1. The maximum atomic E-state index is 13.9. The molecule has 0 radical (unpaired) electrons. The molecule has 0 bridgehead atoms. The van der Waals surface area contributed by atoms with Gasteiger partial charge in [0.05, 0.1) is 13.1 Å². The second-order valence-corrected chi connectivity index (χ2v) is 9.45. The summed E-state index contributed by atoms with van der Waals surface area (Å²) in [6, 6.07) is 14.2. The Morgan fingerprint density at radius 3 is 2.52 bits per heavy atom. The molecule has 2 aromatic carbocycles. The third-order valence-corrected chi connectivity index (χ3v) is 6.82. The fourth-order valence-electron chi connectivity index (χ4n) is 3.45. The number of nitrogens with zero attached hydrogens (tertiary/aromatic N) is 2. The molecule has 0 atom stereocenters. The van der Waals surface area contributed by atoms with E-state index in [1.54, 1.807) is 37.1 Å². The summed E-state index contributed by atoms with van der Waals surface area (Å²) in [7, 11) is -2.47. The van der Waals surface area contributed by atoms with Gasteiger partial charge in [0.25, 0.3) is 21.5 Å². The van der Waals surface area contributed by atoms with E-state index in [-0.39, 0.29) is 28.8 Å². The molecule has 0 spiro atoms. The van der Waals surface area contributed by atoms with E-state index in [1.165, 1.54) is 34.9 Å². The van der Waals surface area contributed by atoms with Crippen LogP contribution in [0.15, 0.2) is 70.4 Å². The Morgan fingerprint density at radius 1 is 1.09 bits per heavy atom. The number of halogens is 1. The predicted octanol–water partition coefficient (Wildman–Crippen LogP) is 2.54. The third-order valence-electron chi connectivity index (χ3n) is 5.40. The quantitative estimate of drug-likeness (QED) is 0.596. The molecule has 1 aliphatic heterocycles. The number of hydrogen-bond acceptors (Lipinski definition) is 5. The highest BCUT2D eigenvalue weighted by Crippen LogP contribution is 2.23. The highest BCUT2D eigenvalue weighted by Gasteiger charge is 2.33. The number of carbonyl (C=O) groups excluding carboxylic acids is 1. The van der Waals surface area contributed by atoms with Crippen LogP contribution in [0.5, 0.6) is 5.75 Å². The van der Waals surface area contributed by atoms with Gasteiger partial charge in [0.1, 0.15) is 22.6 Å². The van der Waals surface area contributed by atoms with Gasteiger partial charge in [-0.15, -0.1) is 0 Å². The zero-order valence-corrected chi connectivity index (χ0v) is 18.8. The van der Waals surface area contributed by atoms with Crippen molar-refractivity contribution >= 4 is 21.6 Å². The van der Waals surface area contributed by atoms with Crippen molar-refractivity contribution in [3.63, 3.8) is 0 Å². The van der Waals surface area contributed by atoms with E-state index in [1.807, 2.05) is 0 Å². The van der Waals surface area contributed by atoms with Crippen molar-refractivity contribution in [2.75, 3.05) is 17.8 Å². The molecule has 4 rings (SSSR count). The number of benzene rings is 2. The van der Waals surface area contributed by atoms with Crippen LogP contribution in [0.4, 0.5) is 10.1 Å². The molecule has 0 aliphatic carbocycles. The number of sulfonamides is 1. The maximum Gasteiger partial charge on any atom is 0.264 e. The fraction of sp³-hybridized carbons (Fsp3) is 0.217. The van der Waals surface area contributed by atoms with E-state index >= 15 is 0 Å². The van der Waals surface area contributed by atoms with Crippen LogP contribution >= 0.6 is 0 Å². The van der Waals surface area contributed by atoms with Gasteiger partial charge in [-0.1, -0.05) is 18.2 Å². The van der Waals surface area contributed by atoms with Gasteiger partial charge >= 0.3 is 0 Å². The second-order valence-electron chi connectivity index (χ2n) is 7.80. The second kappa shape index (κ2) is 8.70. The molecule has 33 heavy (non-hydrogen) atoms. The third kappa shape index (κ3) is 4.75. The minimum atomic E-state index is -4.15. The van der Waals surface area contributed by atoms with Crippen molar-refractivity contribution in [1.29, 1.82) is 0 Å². The largest absolute Gasteiger partial charge is 0.486 e. The van der Waals surface area contributed by atoms with Gasteiger partial charge in [0, 0.05) is 30.1 Å². The van der Waals surface area contributed by atoms with Crippen LogP contribution in [-0.4, -0.2) is 43.0 Å². The van der Waals surface area contributed by atoms with Crippen LogP contribution in [0, 0.1) is 12.7 Å². The zero-order valence-electron chi connectivity index (χ0n) is 18.0. The summed E-state index contributed by atoms with van der Waals surface area (Å²) in [6.45, 7) is 2.47. The number of pyridine rings is 1. The lowest BCUT2D eigenvalue weighted by Gasteiger charge is -2.39. The van der Waals surface area contributed by atoms with Crippen molar-refractivity contribution in [2.45, 2.75) is 17.9 Å². The topological polar surface area (TPSA) is 97.7 Å². The van der Waals surface area contributed by atoms with Crippen molar-refractivity contribution in [2.24, 2.45) is 7.05 Å². The van der Waals surface area contributed by atoms with Crippen LogP contribution in [0.2, 0.25) is 0 Å². The number of nitrogens with one attached hydrogen (secondary N) is 1. The number of rotatable bonds is 6. The highest BCUT2D eigenvalue weighted by atomic mass is 32.2. The Morgan fingerprint density at radius 2 is 1.82 bits per heavy atom. The molecule has 2 heterocycles. The maximum absolute atomic E-state index is 13.9. The van der Waals surface area contributed by atoms with Crippen molar-refractivity contribution in [3.8, 4) is 5.75 Å². The molecule has 1 N–H and O–H groups in total. The Balaban J connectivity index is 1.41. The van der Waals surface area contributed by atoms with Gasteiger partial charge in [-0.2, -0.15) is 0 Å². The van der Waals surface area contributed by atoms with Gasteiger partial charge in [0.2, 0.25) is 0 Å². The Hall–Kier alpha value is -3.66. The van der Waals surface area contributed by atoms with Gasteiger partial charge < -0.3 is 14.2 Å². The first kappa shape index (κ1) is 22.5. The summed E-state index contributed by atoms with van der Waals surface area (Å²) in [5.41, 5.74) is 1.02. The Labute approximate surface area is 190 Å². The highest BCUT2D eigenvalue weighted by molar-refractivity contribution is 7.92. The Kier molecular flexibility index (Phi) is 5.94. The summed E-state index contributed by atoms with van der Waals surface area (Å²) in [5.74, 6) is -0.700. The number of aromatic nitrogens is 1. The molecule has 1 aromatic heterocycles. The summed E-state index contributed by atoms with van der Waals surface area (Å²) in [6.07, 6.45) is -0.247. The molecule has 1 amide bonds. The lowest BCUT2D eigenvalue weighted by Crippen LogP contribution is -2.56. The van der Waals surface area contributed by atoms with Crippen LogP contribution in [-0.2, 0) is 17.1 Å². The molecule has 8 nitrogen and oxygen atoms in total. The summed E-state index contributed by atoms with van der Waals surface area (Å²) < 4.78 is 48.5. The van der Waals surface area contributed by atoms with Crippen molar-refractivity contribution in [1.82, 2.24) is 9.47 Å². The number of amides is 1. The molecule has 0 saturated carbocycles. The summed E-state index contributed by atoms with van der Waals surface area (Å²) in [5, 5.41) is 0. The molecular formula is C23H22FN3O5S. The Bertz CT molecular complexity index is 1380. The van der Waals surface area contributed by atoms with Crippen LogP contribution in [0.3, 0.4) is 0 Å². The number of likely N-dealkylation sites (tertiary alicyclic amines) is 1. The lowest BCUT2D eigenvalue weighted by molar-refractivity contribution is 0.0176. The first-order chi connectivity index (χ1) is 15.6.